The van der Waals surface area contributed by atoms with Crippen molar-refractivity contribution >= 4 is 17.5 Å². The molecule has 1 saturated heterocycles. The van der Waals surface area contributed by atoms with Crippen LogP contribution in [0.25, 0.3) is 0 Å². The second-order valence-corrected chi connectivity index (χ2v) is 7.00. The Morgan fingerprint density at radius 2 is 1.71 bits per heavy atom. The largest absolute Gasteiger partial charge is 0.378 e. The van der Waals surface area contributed by atoms with Crippen LogP contribution in [0.15, 0.2) is 24.3 Å². The van der Waals surface area contributed by atoms with Crippen molar-refractivity contribution in [3.63, 3.8) is 0 Å². The number of benzene rings is 1. The highest BCUT2D eigenvalue weighted by atomic mass is 16.5. The lowest BCUT2D eigenvalue weighted by atomic mass is 10.0. The summed E-state index contributed by atoms with van der Waals surface area (Å²) >= 11 is 0. The Morgan fingerprint density at radius 3 is 2.25 bits per heavy atom. The molecule has 0 aromatic heterocycles. The van der Waals surface area contributed by atoms with Crippen molar-refractivity contribution in [1.82, 2.24) is 10.6 Å². The fourth-order valence-electron chi connectivity index (χ4n) is 2.93. The zero-order valence-corrected chi connectivity index (χ0v) is 16.1. The van der Waals surface area contributed by atoms with E-state index in [1.807, 2.05) is 26.0 Å². The summed E-state index contributed by atoms with van der Waals surface area (Å²) in [6.07, 6.45) is 0.396. The fraction of sp³-hybridized carbons (Fsp3) is 0.500. The average Bonchev–Trinajstić information content (AvgIpc) is 2.71. The molecule has 1 aliphatic heterocycles. The van der Waals surface area contributed by atoms with E-state index in [9.17, 15) is 9.59 Å². The number of amides is 2. The van der Waals surface area contributed by atoms with Gasteiger partial charge < -0.3 is 20.3 Å². The van der Waals surface area contributed by atoms with Gasteiger partial charge >= 0.3 is 0 Å². The van der Waals surface area contributed by atoms with Gasteiger partial charge in [0.25, 0.3) is 5.91 Å². The smallest absolute Gasteiger partial charge is 0.251 e. The molecule has 0 bridgehead atoms. The van der Waals surface area contributed by atoms with Crippen LogP contribution in [0.1, 0.15) is 30.6 Å². The first-order valence-corrected chi connectivity index (χ1v) is 9.27. The van der Waals surface area contributed by atoms with Crippen molar-refractivity contribution < 1.29 is 14.3 Å². The van der Waals surface area contributed by atoms with E-state index in [2.05, 4.69) is 15.5 Å². The number of nitriles is 2. The molecule has 28 heavy (non-hydrogen) atoms. The van der Waals surface area contributed by atoms with Gasteiger partial charge in [-0.3, -0.25) is 9.59 Å². The third-order valence-electron chi connectivity index (χ3n) is 4.38. The summed E-state index contributed by atoms with van der Waals surface area (Å²) in [5.41, 5.74) is 1.46. The third-order valence-corrected chi connectivity index (χ3v) is 4.38. The van der Waals surface area contributed by atoms with Gasteiger partial charge in [0.2, 0.25) is 11.9 Å². The van der Waals surface area contributed by atoms with Gasteiger partial charge in [-0.1, -0.05) is 13.8 Å². The Balaban J connectivity index is 2.04. The lowest BCUT2D eigenvalue weighted by molar-refractivity contribution is -0.123. The molecule has 1 unspecified atom stereocenters. The van der Waals surface area contributed by atoms with E-state index >= 15 is 0 Å². The van der Waals surface area contributed by atoms with Gasteiger partial charge in [-0.05, 0) is 36.6 Å². The van der Waals surface area contributed by atoms with Crippen molar-refractivity contribution in [2.75, 3.05) is 31.2 Å². The summed E-state index contributed by atoms with van der Waals surface area (Å²) in [5, 5.41) is 22.7. The van der Waals surface area contributed by atoms with E-state index in [-0.39, 0.29) is 11.8 Å². The van der Waals surface area contributed by atoms with Crippen molar-refractivity contribution in [1.29, 1.82) is 10.5 Å². The predicted octanol–water partition coefficient (Wildman–Crippen LogP) is 1.20. The molecule has 8 heteroatoms. The zero-order valence-electron chi connectivity index (χ0n) is 16.1. The summed E-state index contributed by atoms with van der Waals surface area (Å²) in [6, 6.07) is 8.51. The maximum Gasteiger partial charge on any atom is 0.251 e. The number of hydrogen-bond donors (Lipinski definition) is 2. The first-order valence-electron chi connectivity index (χ1n) is 9.27. The van der Waals surface area contributed by atoms with Gasteiger partial charge in [-0.25, -0.2) is 0 Å². The van der Waals surface area contributed by atoms with Crippen LogP contribution in [0.4, 0.5) is 5.69 Å². The Kier molecular flexibility index (Phi) is 7.79. The predicted molar refractivity (Wildman–Crippen MR) is 103 cm³/mol. The topological polar surface area (TPSA) is 118 Å². The molecule has 0 aliphatic carbocycles. The number of hydrogen-bond acceptors (Lipinski definition) is 6. The number of nitrogens with one attached hydrogen (secondary N) is 2. The summed E-state index contributed by atoms with van der Waals surface area (Å²) in [7, 11) is 0. The molecule has 1 aliphatic rings. The number of morpholine rings is 1. The lowest BCUT2D eigenvalue weighted by Gasteiger charge is -2.29. The molecular weight excluding hydrogens is 358 g/mol. The number of anilines is 1. The molecule has 1 aromatic carbocycles. The van der Waals surface area contributed by atoms with Crippen LogP contribution < -0.4 is 15.5 Å². The van der Waals surface area contributed by atoms with Gasteiger partial charge in [0.05, 0.1) is 13.2 Å². The molecule has 2 N–H and O–H groups in total. The fourth-order valence-corrected chi connectivity index (χ4v) is 2.93. The van der Waals surface area contributed by atoms with Crippen LogP contribution >= 0.6 is 0 Å². The van der Waals surface area contributed by atoms with E-state index in [1.54, 1.807) is 24.3 Å². The second-order valence-electron chi connectivity index (χ2n) is 7.00. The van der Waals surface area contributed by atoms with Gasteiger partial charge in [-0.2, -0.15) is 10.5 Å². The highest BCUT2D eigenvalue weighted by Crippen LogP contribution is 2.17. The van der Waals surface area contributed by atoms with Crippen LogP contribution in [-0.2, 0) is 9.53 Å². The van der Waals surface area contributed by atoms with Crippen molar-refractivity contribution in [3.05, 3.63) is 29.8 Å². The Bertz CT molecular complexity index is 744. The van der Waals surface area contributed by atoms with Crippen molar-refractivity contribution in [3.8, 4) is 12.1 Å². The van der Waals surface area contributed by atoms with E-state index < -0.39 is 18.0 Å². The average molecular weight is 383 g/mol. The van der Waals surface area contributed by atoms with Crippen LogP contribution in [0, 0.1) is 28.6 Å². The van der Waals surface area contributed by atoms with Gasteiger partial charge in [0.15, 0.2) is 0 Å². The summed E-state index contributed by atoms with van der Waals surface area (Å²) in [5.74, 6) is -0.776. The monoisotopic (exact) mass is 383 g/mol. The minimum atomic E-state index is -1.24. The SMILES string of the molecule is CC(C)CC(NC(=O)c1ccc(N2CCOCC2)cc1)C(=O)NC(C#N)C#N. The van der Waals surface area contributed by atoms with Gasteiger partial charge in [0, 0.05) is 24.3 Å². The normalized spacial score (nSPS) is 14.9. The summed E-state index contributed by atoms with van der Waals surface area (Å²) in [6.45, 7) is 6.83. The second kappa shape index (κ2) is 10.3. The molecule has 2 amide bonds. The number of carbonyl (C=O) groups is 2. The first-order chi connectivity index (χ1) is 13.4. The molecule has 0 radical (unpaired) electrons. The first kappa shape index (κ1) is 21.2. The molecule has 1 atom stereocenters. The quantitative estimate of drug-likeness (QED) is 0.730. The molecule has 1 aromatic rings. The number of rotatable bonds is 7. The molecule has 8 nitrogen and oxygen atoms in total. The maximum absolute atomic E-state index is 12.6. The zero-order chi connectivity index (χ0) is 20.5. The standard InChI is InChI=1S/C20H25N5O3/c1-14(2)11-18(20(27)23-16(12-21)13-22)24-19(26)15-3-5-17(6-4-15)25-7-9-28-10-8-25/h3-6,14,16,18H,7-11H2,1-2H3,(H,23,27)(H,24,26). The Hall–Kier alpha value is -3.10. The van der Waals surface area contributed by atoms with E-state index in [0.717, 1.165) is 18.8 Å². The Morgan fingerprint density at radius 1 is 1.11 bits per heavy atom. The molecule has 0 spiro atoms. The van der Waals surface area contributed by atoms with E-state index in [4.69, 9.17) is 15.3 Å². The molecule has 1 fully saturated rings. The minimum absolute atomic E-state index is 0.141. The highest BCUT2D eigenvalue weighted by Gasteiger charge is 2.24. The van der Waals surface area contributed by atoms with Crippen LogP contribution in [0.2, 0.25) is 0 Å². The number of ether oxygens (including phenoxy) is 1. The summed E-state index contributed by atoms with van der Waals surface area (Å²) < 4.78 is 5.34. The molecule has 1 heterocycles. The number of nitrogens with zero attached hydrogens (tertiary/aromatic N) is 3. The minimum Gasteiger partial charge on any atom is -0.378 e. The maximum atomic E-state index is 12.6. The van der Waals surface area contributed by atoms with E-state index in [1.165, 1.54) is 0 Å². The highest BCUT2D eigenvalue weighted by molar-refractivity contribution is 5.97. The van der Waals surface area contributed by atoms with E-state index in [0.29, 0.717) is 25.2 Å². The molecule has 0 saturated carbocycles. The number of carbonyl (C=O) groups excluding carboxylic acids is 2. The lowest BCUT2D eigenvalue weighted by Crippen LogP contribution is -2.49. The van der Waals surface area contributed by atoms with Gasteiger partial charge in [0.1, 0.15) is 18.2 Å². The molecule has 2 rings (SSSR count). The van der Waals surface area contributed by atoms with Crippen LogP contribution in [0.5, 0.6) is 0 Å². The Labute approximate surface area is 165 Å². The molecule has 148 valence electrons. The van der Waals surface area contributed by atoms with Crippen molar-refractivity contribution in [2.24, 2.45) is 5.92 Å². The van der Waals surface area contributed by atoms with Crippen LogP contribution in [0.3, 0.4) is 0 Å². The summed E-state index contributed by atoms with van der Waals surface area (Å²) in [4.78, 5) is 27.2. The molecular formula is C20H25N5O3. The third kappa shape index (κ3) is 5.97. The van der Waals surface area contributed by atoms with Crippen LogP contribution in [-0.4, -0.2) is 50.2 Å². The van der Waals surface area contributed by atoms with Gasteiger partial charge in [-0.15, -0.1) is 0 Å². The van der Waals surface area contributed by atoms with Crippen molar-refractivity contribution in [2.45, 2.75) is 32.4 Å².